The molecule has 2 bridgehead atoms. The molecule has 0 aromatic rings. The summed E-state index contributed by atoms with van der Waals surface area (Å²) < 4.78 is 0. The fourth-order valence-corrected chi connectivity index (χ4v) is 2.86. The van der Waals surface area contributed by atoms with E-state index in [-0.39, 0.29) is 19.3 Å². The summed E-state index contributed by atoms with van der Waals surface area (Å²) in [4.78, 5) is 2.33. The third-order valence-electron chi connectivity index (χ3n) is 3.55. The minimum absolute atomic E-state index is 0.0487. The minimum Gasteiger partial charge on any atom is -0.395 e. The van der Waals surface area contributed by atoms with Gasteiger partial charge in [0, 0.05) is 18.6 Å². The zero-order valence-electron chi connectivity index (χ0n) is 8.52. The predicted molar refractivity (Wildman–Crippen MR) is 54.1 cm³/mol. The van der Waals surface area contributed by atoms with Crippen LogP contribution in [0.5, 0.6) is 0 Å². The van der Waals surface area contributed by atoms with Gasteiger partial charge in [-0.25, -0.2) is 0 Å². The van der Waals surface area contributed by atoms with E-state index in [0.717, 1.165) is 19.5 Å². The maximum absolute atomic E-state index is 9.21. The highest BCUT2D eigenvalue weighted by Crippen LogP contribution is 2.29. The number of aliphatic hydroxyl groups excluding tert-OH is 2. The summed E-state index contributed by atoms with van der Waals surface area (Å²) in [7, 11) is 0. The van der Waals surface area contributed by atoms with Gasteiger partial charge < -0.3 is 15.5 Å². The van der Waals surface area contributed by atoms with Crippen LogP contribution in [-0.4, -0.2) is 59.5 Å². The molecule has 2 saturated heterocycles. The molecule has 0 saturated carbocycles. The molecule has 2 unspecified atom stereocenters. The highest BCUT2D eigenvalue weighted by Gasteiger charge is 2.38. The van der Waals surface area contributed by atoms with Crippen LogP contribution in [0.3, 0.4) is 0 Å². The third kappa shape index (κ3) is 1.80. The largest absolute Gasteiger partial charge is 0.395 e. The Kier molecular flexibility index (Phi) is 3.38. The van der Waals surface area contributed by atoms with Gasteiger partial charge in [-0.1, -0.05) is 0 Å². The van der Waals surface area contributed by atoms with E-state index in [1.54, 1.807) is 0 Å². The van der Waals surface area contributed by atoms with Gasteiger partial charge in [-0.3, -0.25) is 4.90 Å². The predicted octanol–water partition coefficient (Wildman–Crippen LogP) is -0.834. The highest BCUT2D eigenvalue weighted by molar-refractivity contribution is 4.94. The van der Waals surface area contributed by atoms with Crippen molar-refractivity contribution in [2.45, 2.75) is 37.4 Å². The quantitative estimate of drug-likeness (QED) is 0.556. The number of hydrogen-bond donors (Lipinski definition) is 3. The van der Waals surface area contributed by atoms with Gasteiger partial charge in [0.05, 0.1) is 19.3 Å². The Labute approximate surface area is 84.9 Å². The minimum atomic E-state index is -0.0487. The van der Waals surface area contributed by atoms with Gasteiger partial charge in [0.15, 0.2) is 0 Å². The van der Waals surface area contributed by atoms with E-state index >= 15 is 0 Å². The highest BCUT2D eigenvalue weighted by atomic mass is 16.3. The normalized spacial score (nSPS) is 33.6. The van der Waals surface area contributed by atoms with Crippen molar-refractivity contribution >= 4 is 0 Å². The topological polar surface area (TPSA) is 55.7 Å². The molecule has 82 valence electrons. The first-order valence-electron chi connectivity index (χ1n) is 5.56. The van der Waals surface area contributed by atoms with Crippen molar-refractivity contribution in [3.05, 3.63) is 0 Å². The SMILES string of the molecule is OCC(CO)N1C2CCNCC1CC2. The summed E-state index contributed by atoms with van der Waals surface area (Å²) in [6, 6.07) is 1.04. The molecule has 0 aliphatic carbocycles. The Morgan fingerprint density at radius 3 is 2.57 bits per heavy atom. The van der Waals surface area contributed by atoms with Gasteiger partial charge >= 0.3 is 0 Å². The van der Waals surface area contributed by atoms with Gasteiger partial charge in [-0.15, -0.1) is 0 Å². The smallest absolute Gasteiger partial charge is 0.0609 e. The zero-order chi connectivity index (χ0) is 9.97. The standard InChI is InChI=1S/C10H20N2O2/c13-6-10(7-14)12-8-1-2-9(12)5-11-4-3-8/h8-11,13-14H,1-7H2. The first-order chi connectivity index (χ1) is 6.86. The molecule has 2 aliphatic rings. The van der Waals surface area contributed by atoms with Crippen molar-refractivity contribution in [3.8, 4) is 0 Å². The molecule has 2 aliphatic heterocycles. The van der Waals surface area contributed by atoms with Crippen LogP contribution >= 0.6 is 0 Å². The summed E-state index contributed by atoms with van der Waals surface area (Å²) in [6.07, 6.45) is 3.57. The second-order valence-corrected chi connectivity index (χ2v) is 4.34. The number of aliphatic hydroxyl groups is 2. The van der Waals surface area contributed by atoms with E-state index in [9.17, 15) is 10.2 Å². The fourth-order valence-electron chi connectivity index (χ4n) is 2.86. The van der Waals surface area contributed by atoms with E-state index in [0.29, 0.717) is 12.1 Å². The van der Waals surface area contributed by atoms with E-state index in [4.69, 9.17) is 0 Å². The number of rotatable bonds is 3. The molecular weight excluding hydrogens is 180 g/mol. The van der Waals surface area contributed by atoms with Crippen LogP contribution in [0.1, 0.15) is 19.3 Å². The Morgan fingerprint density at radius 1 is 1.14 bits per heavy atom. The maximum atomic E-state index is 9.21. The van der Waals surface area contributed by atoms with Crippen molar-refractivity contribution in [2.24, 2.45) is 0 Å². The number of fused-ring (bicyclic) bond motifs is 2. The molecule has 2 fully saturated rings. The summed E-state index contributed by atoms with van der Waals surface area (Å²) in [5.41, 5.74) is 0. The molecule has 2 heterocycles. The van der Waals surface area contributed by atoms with Crippen molar-refractivity contribution in [2.75, 3.05) is 26.3 Å². The zero-order valence-corrected chi connectivity index (χ0v) is 8.52. The average molecular weight is 200 g/mol. The molecule has 0 aromatic carbocycles. The Hall–Kier alpha value is -0.160. The Bertz CT molecular complexity index is 168. The lowest BCUT2D eigenvalue weighted by Crippen LogP contribution is -2.48. The van der Waals surface area contributed by atoms with Gasteiger partial charge in [0.2, 0.25) is 0 Å². The molecular formula is C10H20N2O2. The van der Waals surface area contributed by atoms with Gasteiger partial charge in [-0.2, -0.15) is 0 Å². The van der Waals surface area contributed by atoms with Gasteiger partial charge in [0.1, 0.15) is 0 Å². The van der Waals surface area contributed by atoms with Crippen molar-refractivity contribution < 1.29 is 10.2 Å². The van der Waals surface area contributed by atoms with E-state index in [1.165, 1.54) is 12.8 Å². The Balaban J connectivity index is 2.07. The number of nitrogens with one attached hydrogen (secondary N) is 1. The van der Waals surface area contributed by atoms with Crippen molar-refractivity contribution in [1.29, 1.82) is 0 Å². The fraction of sp³-hybridized carbons (Fsp3) is 1.00. The van der Waals surface area contributed by atoms with Crippen LogP contribution in [-0.2, 0) is 0 Å². The summed E-state index contributed by atoms with van der Waals surface area (Å²) in [5.74, 6) is 0. The molecule has 0 amide bonds. The van der Waals surface area contributed by atoms with Crippen LogP contribution < -0.4 is 5.32 Å². The summed E-state index contributed by atoms with van der Waals surface area (Å²) in [6.45, 7) is 2.22. The van der Waals surface area contributed by atoms with E-state index < -0.39 is 0 Å². The maximum Gasteiger partial charge on any atom is 0.0609 e. The monoisotopic (exact) mass is 200 g/mol. The first kappa shape index (κ1) is 10.4. The average Bonchev–Trinajstić information content (AvgIpc) is 2.43. The molecule has 4 nitrogen and oxygen atoms in total. The molecule has 2 rings (SSSR count). The molecule has 0 aromatic heterocycles. The van der Waals surface area contributed by atoms with Crippen molar-refractivity contribution in [3.63, 3.8) is 0 Å². The lowest BCUT2D eigenvalue weighted by atomic mass is 10.1. The van der Waals surface area contributed by atoms with Crippen LogP contribution in [0.2, 0.25) is 0 Å². The molecule has 3 N–H and O–H groups in total. The second kappa shape index (κ2) is 4.57. The lowest BCUT2D eigenvalue weighted by molar-refractivity contribution is 0.0441. The van der Waals surface area contributed by atoms with Gasteiger partial charge in [-0.05, 0) is 25.8 Å². The molecule has 4 heteroatoms. The summed E-state index contributed by atoms with van der Waals surface area (Å²) in [5, 5.41) is 21.8. The van der Waals surface area contributed by atoms with Crippen LogP contribution in [0.25, 0.3) is 0 Å². The third-order valence-corrected chi connectivity index (χ3v) is 3.55. The van der Waals surface area contributed by atoms with Gasteiger partial charge in [0.25, 0.3) is 0 Å². The molecule has 2 atom stereocenters. The van der Waals surface area contributed by atoms with E-state index in [1.807, 2.05) is 0 Å². The summed E-state index contributed by atoms with van der Waals surface area (Å²) >= 11 is 0. The molecule has 14 heavy (non-hydrogen) atoms. The van der Waals surface area contributed by atoms with Crippen LogP contribution in [0, 0.1) is 0 Å². The molecule has 0 radical (unpaired) electrons. The van der Waals surface area contributed by atoms with Crippen LogP contribution in [0.15, 0.2) is 0 Å². The van der Waals surface area contributed by atoms with Crippen LogP contribution in [0.4, 0.5) is 0 Å². The second-order valence-electron chi connectivity index (χ2n) is 4.34. The first-order valence-corrected chi connectivity index (χ1v) is 5.56. The number of hydrogen-bond acceptors (Lipinski definition) is 4. The lowest BCUT2D eigenvalue weighted by Gasteiger charge is -2.33. The molecule has 0 spiro atoms. The van der Waals surface area contributed by atoms with E-state index in [2.05, 4.69) is 10.2 Å². The Morgan fingerprint density at radius 2 is 1.86 bits per heavy atom. The van der Waals surface area contributed by atoms with Crippen molar-refractivity contribution in [1.82, 2.24) is 10.2 Å². The number of nitrogens with zero attached hydrogens (tertiary/aromatic N) is 1.